The molecule has 0 aromatic rings. The van der Waals surface area contributed by atoms with Crippen LogP contribution in [0.5, 0.6) is 0 Å². The zero-order valence-corrected chi connectivity index (χ0v) is 8.64. The molecule has 14 heavy (non-hydrogen) atoms. The van der Waals surface area contributed by atoms with E-state index in [9.17, 15) is 9.59 Å². The van der Waals surface area contributed by atoms with Crippen LogP contribution in [0, 0.1) is 0 Å². The lowest BCUT2D eigenvalue weighted by Gasteiger charge is -2.21. The highest BCUT2D eigenvalue weighted by Gasteiger charge is 2.18. The summed E-state index contributed by atoms with van der Waals surface area (Å²) in [7, 11) is 1.31. The predicted molar refractivity (Wildman–Crippen MR) is 50.1 cm³/mol. The Morgan fingerprint density at radius 2 is 1.93 bits per heavy atom. The van der Waals surface area contributed by atoms with Crippen LogP contribution in [0.3, 0.4) is 0 Å². The number of hydrazone groups is 1. The second-order valence-electron chi connectivity index (χ2n) is 3.59. The van der Waals surface area contributed by atoms with Gasteiger partial charge < -0.3 is 9.84 Å². The van der Waals surface area contributed by atoms with Crippen molar-refractivity contribution in [3.63, 3.8) is 0 Å². The molecule has 0 saturated carbocycles. The molecule has 6 nitrogen and oxygen atoms in total. The summed E-state index contributed by atoms with van der Waals surface area (Å²) in [5, 5.41) is 12.4. The molecule has 0 bridgehead atoms. The highest BCUT2D eigenvalue weighted by atomic mass is 16.6. The number of carboxylic acid groups (broad SMARTS) is 1. The minimum atomic E-state index is -1.22. The van der Waals surface area contributed by atoms with E-state index in [0.717, 1.165) is 5.01 Å². The van der Waals surface area contributed by atoms with Gasteiger partial charge in [0.15, 0.2) is 0 Å². The van der Waals surface area contributed by atoms with Gasteiger partial charge in [0.05, 0.1) is 0 Å². The number of ether oxygens (including phenoxy) is 1. The number of carbonyl (C=O) groups excluding carboxylic acids is 1. The van der Waals surface area contributed by atoms with Crippen LogP contribution in [0.1, 0.15) is 20.8 Å². The molecule has 1 amide bonds. The van der Waals surface area contributed by atoms with Crippen molar-refractivity contribution in [2.75, 3.05) is 7.05 Å². The van der Waals surface area contributed by atoms with Gasteiger partial charge in [0.25, 0.3) is 0 Å². The molecule has 0 unspecified atom stereocenters. The summed E-state index contributed by atoms with van der Waals surface area (Å²) in [6.07, 6.45) is -0.0841. The molecule has 0 fully saturated rings. The lowest BCUT2D eigenvalue weighted by atomic mass is 10.2. The first kappa shape index (κ1) is 12.4. The lowest BCUT2D eigenvalue weighted by molar-refractivity contribution is -0.128. The lowest BCUT2D eigenvalue weighted by Crippen LogP contribution is -2.31. The number of hydrogen-bond acceptors (Lipinski definition) is 4. The fourth-order valence-corrected chi connectivity index (χ4v) is 0.511. The van der Waals surface area contributed by atoms with Crippen LogP contribution in [0.15, 0.2) is 5.10 Å². The van der Waals surface area contributed by atoms with Crippen molar-refractivity contribution in [2.45, 2.75) is 26.4 Å². The SMILES string of the molecule is CN(N=CC(=O)O)C(=O)OC(C)(C)C. The number of hydrogen-bond donors (Lipinski definition) is 1. The normalized spacial score (nSPS) is 11.4. The number of amides is 1. The molecule has 80 valence electrons. The number of carbonyl (C=O) groups is 2. The van der Waals surface area contributed by atoms with Crippen LogP contribution in [-0.4, -0.2) is 41.0 Å². The molecular weight excluding hydrogens is 188 g/mol. The average Bonchev–Trinajstić information content (AvgIpc) is 1.96. The highest BCUT2D eigenvalue weighted by molar-refractivity contribution is 6.22. The number of rotatable bonds is 2. The Bertz CT molecular complexity index is 255. The highest BCUT2D eigenvalue weighted by Crippen LogP contribution is 2.08. The van der Waals surface area contributed by atoms with Crippen LogP contribution in [0.25, 0.3) is 0 Å². The van der Waals surface area contributed by atoms with Crippen LogP contribution >= 0.6 is 0 Å². The Balaban J connectivity index is 4.20. The predicted octanol–water partition coefficient (Wildman–Crippen LogP) is 0.924. The van der Waals surface area contributed by atoms with Crippen molar-refractivity contribution < 1.29 is 19.4 Å². The third-order valence-electron chi connectivity index (χ3n) is 0.999. The van der Waals surface area contributed by atoms with Crippen molar-refractivity contribution in [1.29, 1.82) is 0 Å². The Labute approximate surface area is 82.1 Å². The molecule has 0 aliphatic carbocycles. The van der Waals surface area contributed by atoms with Gasteiger partial charge in [0, 0.05) is 7.05 Å². The molecule has 0 aliphatic heterocycles. The second kappa shape index (κ2) is 4.59. The van der Waals surface area contributed by atoms with Gasteiger partial charge in [-0.25, -0.2) is 14.6 Å². The Kier molecular flexibility index (Phi) is 4.07. The van der Waals surface area contributed by atoms with E-state index in [4.69, 9.17) is 9.84 Å². The largest absolute Gasteiger partial charge is 0.477 e. The summed E-state index contributed by atoms with van der Waals surface area (Å²) in [4.78, 5) is 21.3. The summed E-state index contributed by atoms with van der Waals surface area (Å²) in [5.74, 6) is -1.22. The summed E-state index contributed by atoms with van der Waals surface area (Å²) >= 11 is 0. The van der Waals surface area contributed by atoms with E-state index in [-0.39, 0.29) is 0 Å². The van der Waals surface area contributed by atoms with Gasteiger partial charge in [-0.05, 0) is 20.8 Å². The third-order valence-corrected chi connectivity index (χ3v) is 0.999. The van der Waals surface area contributed by atoms with Crippen LogP contribution < -0.4 is 0 Å². The fourth-order valence-electron chi connectivity index (χ4n) is 0.511. The molecule has 6 heteroatoms. The maximum atomic E-state index is 11.2. The molecule has 1 N–H and O–H groups in total. The third kappa shape index (κ3) is 5.99. The van der Waals surface area contributed by atoms with Crippen molar-refractivity contribution in [1.82, 2.24) is 5.01 Å². The molecule has 0 aromatic heterocycles. The minimum Gasteiger partial charge on any atom is -0.477 e. The number of aliphatic carboxylic acids is 1. The first-order chi connectivity index (χ1) is 6.22. The van der Waals surface area contributed by atoms with Crippen molar-refractivity contribution in [3.05, 3.63) is 0 Å². The zero-order valence-electron chi connectivity index (χ0n) is 8.64. The van der Waals surface area contributed by atoms with E-state index in [2.05, 4.69) is 5.10 Å². The molecule has 0 spiro atoms. The van der Waals surface area contributed by atoms with E-state index >= 15 is 0 Å². The Morgan fingerprint density at radius 1 is 1.43 bits per heavy atom. The van der Waals surface area contributed by atoms with Gasteiger partial charge in [0.1, 0.15) is 11.8 Å². The molecule has 0 aromatic carbocycles. The van der Waals surface area contributed by atoms with Gasteiger partial charge in [0.2, 0.25) is 0 Å². The summed E-state index contributed by atoms with van der Waals surface area (Å²) in [5.41, 5.74) is -0.621. The Hall–Kier alpha value is -1.59. The summed E-state index contributed by atoms with van der Waals surface area (Å²) in [6.45, 7) is 5.12. The Morgan fingerprint density at radius 3 is 2.29 bits per heavy atom. The minimum absolute atomic E-state index is 0.615. The topological polar surface area (TPSA) is 79.2 Å². The van der Waals surface area contributed by atoms with Gasteiger partial charge in [-0.2, -0.15) is 5.10 Å². The molecule has 0 atom stereocenters. The first-order valence-corrected chi connectivity index (χ1v) is 3.96. The van der Waals surface area contributed by atoms with E-state index < -0.39 is 17.7 Å². The fraction of sp³-hybridized carbons (Fsp3) is 0.625. The van der Waals surface area contributed by atoms with E-state index in [0.29, 0.717) is 6.21 Å². The summed E-state index contributed by atoms with van der Waals surface area (Å²) < 4.78 is 4.91. The monoisotopic (exact) mass is 202 g/mol. The average molecular weight is 202 g/mol. The first-order valence-electron chi connectivity index (χ1n) is 3.96. The van der Waals surface area contributed by atoms with Crippen molar-refractivity contribution >= 4 is 18.3 Å². The van der Waals surface area contributed by atoms with Gasteiger partial charge in [-0.15, -0.1) is 0 Å². The smallest absolute Gasteiger partial charge is 0.430 e. The number of nitrogens with zero attached hydrogens (tertiary/aromatic N) is 2. The summed E-state index contributed by atoms with van der Waals surface area (Å²) in [6, 6.07) is 0. The standard InChI is InChI=1S/C8H14N2O4/c1-8(2,3)14-7(13)10(4)9-5-6(11)12/h5H,1-4H3,(H,11,12). The second-order valence-corrected chi connectivity index (χ2v) is 3.59. The van der Waals surface area contributed by atoms with E-state index in [1.807, 2.05) is 0 Å². The molecule has 0 rings (SSSR count). The van der Waals surface area contributed by atoms with Crippen LogP contribution in [0.4, 0.5) is 4.79 Å². The quantitative estimate of drug-likeness (QED) is 0.533. The number of carboxylic acids is 1. The van der Waals surface area contributed by atoms with Crippen LogP contribution in [-0.2, 0) is 9.53 Å². The molecule has 0 saturated heterocycles. The van der Waals surface area contributed by atoms with E-state index in [1.165, 1.54) is 7.05 Å². The molecule has 0 radical (unpaired) electrons. The van der Waals surface area contributed by atoms with Gasteiger partial charge in [-0.1, -0.05) is 0 Å². The zero-order chi connectivity index (χ0) is 11.4. The maximum absolute atomic E-state index is 11.2. The van der Waals surface area contributed by atoms with E-state index in [1.54, 1.807) is 20.8 Å². The van der Waals surface area contributed by atoms with Crippen molar-refractivity contribution in [3.8, 4) is 0 Å². The van der Waals surface area contributed by atoms with Crippen LogP contribution in [0.2, 0.25) is 0 Å². The van der Waals surface area contributed by atoms with Gasteiger partial charge >= 0.3 is 12.1 Å². The van der Waals surface area contributed by atoms with Gasteiger partial charge in [-0.3, -0.25) is 0 Å². The molecule has 0 aliphatic rings. The molecule has 0 heterocycles. The molecular formula is C8H14N2O4. The van der Waals surface area contributed by atoms with Crippen molar-refractivity contribution in [2.24, 2.45) is 5.10 Å². The maximum Gasteiger partial charge on any atom is 0.430 e.